The van der Waals surface area contributed by atoms with Crippen LogP contribution in [-0.4, -0.2) is 15.2 Å². The summed E-state index contributed by atoms with van der Waals surface area (Å²) in [4.78, 5) is 10.0. The third-order valence-corrected chi connectivity index (χ3v) is 11.3. The van der Waals surface area contributed by atoms with Gasteiger partial charge in [0.05, 0.1) is 0 Å². The van der Waals surface area contributed by atoms with E-state index < -0.39 is 20.9 Å². The van der Waals surface area contributed by atoms with Crippen LogP contribution in [-0.2, 0) is 0 Å². The van der Waals surface area contributed by atoms with Gasteiger partial charge in [0.25, 0.3) is 0 Å². The number of para-hydroxylation sites is 1. The molecule has 0 spiro atoms. The van der Waals surface area contributed by atoms with Crippen molar-refractivity contribution in [3.63, 3.8) is 0 Å². The maximum atomic E-state index is 10.7. The minimum absolute atomic E-state index is 0.232. The molecule has 0 saturated heterocycles. The molecule has 0 aliphatic carbocycles. The van der Waals surface area contributed by atoms with Crippen LogP contribution in [0.4, 0.5) is 5.69 Å². The Morgan fingerprint density at radius 1 is 1.07 bits per heavy atom. The van der Waals surface area contributed by atoms with Crippen LogP contribution in [0.2, 0.25) is 0 Å². The molecule has 3 nitrogen and oxygen atoms in total. The summed E-state index contributed by atoms with van der Waals surface area (Å²) in [5.41, 5.74) is -0.392. The number of benzene rings is 1. The molecule has 15 heavy (non-hydrogen) atoms. The molecule has 9 heteroatoms. The SMILES string of the molecule is O=[N+]([O-])c1cccc[c]1[Sb-]([Cl])([Cl])([Cl])([Cl])[Cl]. The fourth-order valence-electron chi connectivity index (χ4n) is 0.976. The molecule has 0 aliphatic rings. The standard InChI is InChI=1S/C6H4NO2.5ClH.Sb/c8-7(9)6-4-2-1-3-5-6;;;;;;/h1-4H;5*1H;/q;;;;;;+4/p-5. The Labute approximate surface area is 102 Å². The number of hydrogen-bond acceptors (Lipinski definition) is 2. The van der Waals surface area contributed by atoms with Gasteiger partial charge in [0.2, 0.25) is 0 Å². The van der Waals surface area contributed by atoms with E-state index in [-0.39, 0.29) is 3.51 Å². The third-order valence-electron chi connectivity index (χ3n) is 1.53. The van der Waals surface area contributed by atoms with Crippen molar-refractivity contribution >= 4 is 63.6 Å². The molecule has 1 aromatic rings. The second-order valence-corrected chi connectivity index (χ2v) is 50.2. The fourth-order valence-corrected chi connectivity index (χ4v) is 8.50. The summed E-state index contributed by atoms with van der Waals surface area (Å²) in [5.74, 6) is 0. The van der Waals surface area contributed by atoms with Gasteiger partial charge in [0.1, 0.15) is 0 Å². The van der Waals surface area contributed by atoms with Crippen LogP contribution < -0.4 is 3.51 Å². The van der Waals surface area contributed by atoms with Crippen LogP contribution in [0, 0.1) is 10.1 Å². The van der Waals surface area contributed by atoms with Crippen LogP contribution in [0.5, 0.6) is 0 Å². The van der Waals surface area contributed by atoms with Crippen LogP contribution in [0.15, 0.2) is 24.3 Å². The Morgan fingerprint density at radius 2 is 1.53 bits per heavy atom. The zero-order valence-electron chi connectivity index (χ0n) is 6.91. The molecule has 0 atom stereocenters. The van der Waals surface area contributed by atoms with E-state index in [0.717, 1.165) is 0 Å². The number of nitrogens with zero attached hydrogens (tertiary/aromatic N) is 1. The summed E-state index contributed by atoms with van der Waals surface area (Å²) in [7, 11) is 22.8. The van der Waals surface area contributed by atoms with Crippen molar-refractivity contribution in [3.05, 3.63) is 34.4 Å². The normalized spacial score (nSPS) is 16.6. The van der Waals surface area contributed by atoms with Gasteiger partial charge in [0, 0.05) is 0 Å². The summed E-state index contributed by atoms with van der Waals surface area (Å²) in [5, 5.41) is 10.7. The third kappa shape index (κ3) is 3.69. The molecule has 0 aromatic heterocycles. The minimum atomic E-state index is -6.07. The van der Waals surface area contributed by atoms with Crippen molar-refractivity contribution < 1.29 is 4.92 Å². The molecule has 0 radical (unpaired) electrons. The quantitative estimate of drug-likeness (QED) is 0.414. The van der Waals surface area contributed by atoms with Crippen LogP contribution in [0.25, 0.3) is 0 Å². The molecule has 0 N–H and O–H groups in total. The van der Waals surface area contributed by atoms with Gasteiger partial charge >= 0.3 is 103 Å². The first-order valence-corrected chi connectivity index (χ1v) is 20.9. The number of halogens is 5. The fraction of sp³-hybridized carbons (Fsp3) is 0. The summed E-state index contributed by atoms with van der Waals surface area (Å²) in [6, 6.07) is 5.33. The van der Waals surface area contributed by atoms with Crippen molar-refractivity contribution in [1.29, 1.82) is 0 Å². The zero-order chi connectivity index (χ0) is 12.0. The monoisotopic (exact) mass is 418 g/mol. The molecular weight excluding hydrogens is 417 g/mol. The first kappa shape index (κ1) is 14.0. The van der Waals surface area contributed by atoms with E-state index in [2.05, 4.69) is 0 Å². The van der Waals surface area contributed by atoms with E-state index in [0.29, 0.717) is 0 Å². The van der Waals surface area contributed by atoms with Crippen molar-refractivity contribution in [2.24, 2.45) is 0 Å². The first-order chi connectivity index (χ1) is 6.41. The molecule has 0 amide bonds. The summed E-state index contributed by atoms with van der Waals surface area (Å²) >= 11 is 0. The number of nitro groups is 1. The number of nitro benzene ring substituents is 1. The second kappa shape index (κ2) is 3.44. The van der Waals surface area contributed by atoms with Gasteiger partial charge < -0.3 is 0 Å². The van der Waals surface area contributed by atoms with Crippen molar-refractivity contribution in [2.75, 3.05) is 0 Å². The summed E-state index contributed by atoms with van der Waals surface area (Å²) in [6.07, 6.45) is 0. The van der Waals surface area contributed by atoms with Crippen molar-refractivity contribution in [2.45, 2.75) is 0 Å². The predicted molar refractivity (Wildman–Crippen MR) is 67.7 cm³/mol. The molecule has 0 unspecified atom stereocenters. The van der Waals surface area contributed by atoms with Gasteiger partial charge in [-0.25, -0.2) is 0 Å². The zero-order valence-corrected chi connectivity index (χ0v) is 13.2. The maximum absolute atomic E-state index is 10.7. The van der Waals surface area contributed by atoms with E-state index in [1.165, 1.54) is 24.3 Å². The Bertz CT molecular complexity index is 428. The van der Waals surface area contributed by atoms with Crippen LogP contribution in [0.1, 0.15) is 0 Å². The topological polar surface area (TPSA) is 43.1 Å². The van der Waals surface area contributed by atoms with Gasteiger partial charge in [0.15, 0.2) is 0 Å². The van der Waals surface area contributed by atoms with Crippen LogP contribution in [0.3, 0.4) is 0 Å². The van der Waals surface area contributed by atoms with Gasteiger partial charge in [-0.2, -0.15) is 0 Å². The van der Waals surface area contributed by atoms with Crippen molar-refractivity contribution in [1.82, 2.24) is 0 Å². The van der Waals surface area contributed by atoms with Gasteiger partial charge in [-0.1, -0.05) is 0 Å². The van der Waals surface area contributed by atoms with E-state index in [4.69, 9.17) is 44.1 Å². The Balaban J connectivity index is 3.61. The predicted octanol–water partition coefficient (Wildman–Crippen LogP) is 3.84. The van der Waals surface area contributed by atoms with E-state index in [1.807, 2.05) is 0 Å². The summed E-state index contributed by atoms with van der Waals surface area (Å²) < 4.78 is -0.232. The average Bonchev–Trinajstić information content (AvgIpc) is 2.00. The van der Waals surface area contributed by atoms with Gasteiger partial charge in [-0.3, -0.25) is 0 Å². The molecule has 1 aromatic carbocycles. The second-order valence-electron chi connectivity index (χ2n) is 2.81. The Kier molecular flexibility index (Phi) is 3.20. The Hall–Kier alpha value is 0.888. The molecule has 86 valence electrons. The van der Waals surface area contributed by atoms with Crippen LogP contribution >= 0.6 is 44.1 Å². The van der Waals surface area contributed by atoms with E-state index >= 15 is 0 Å². The molecular formula is C6H4Cl5NO2Sb-. The molecule has 0 aliphatic heterocycles. The van der Waals surface area contributed by atoms with Crippen molar-refractivity contribution in [3.8, 4) is 0 Å². The number of hydrogen-bond donors (Lipinski definition) is 0. The first-order valence-electron chi connectivity index (χ1n) is 3.48. The number of rotatable bonds is 2. The molecule has 0 saturated carbocycles. The van der Waals surface area contributed by atoms with Gasteiger partial charge in [-0.05, 0) is 0 Å². The Morgan fingerprint density at radius 3 is 1.87 bits per heavy atom. The van der Waals surface area contributed by atoms with Gasteiger partial charge in [-0.15, -0.1) is 0 Å². The molecule has 1 rings (SSSR count). The summed E-state index contributed by atoms with van der Waals surface area (Å²) in [6.45, 7) is 0. The molecule has 0 heterocycles. The molecule has 0 bridgehead atoms. The average molecular weight is 421 g/mol. The molecule has 0 fully saturated rings. The van der Waals surface area contributed by atoms with E-state index in [1.54, 1.807) is 0 Å². The van der Waals surface area contributed by atoms with E-state index in [9.17, 15) is 10.1 Å².